The molecule has 4 rings (SSSR count). The van der Waals surface area contributed by atoms with E-state index >= 15 is 0 Å². The topological polar surface area (TPSA) is 57.6 Å². The summed E-state index contributed by atoms with van der Waals surface area (Å²) in [6.45, 7) is 1.94. The number of aryl methyl sites for hydroxylation is 1. The molecule has 1 atom stereocenters. The van der Waals surface area contributed by atoms with E-state index in [0.717, 1.165) is 15.6 Å². The van der Waals surface area contributed by atoms with Crippen molar-refractivity contribution >= 4 is 39.1 Å². The highest BCUT2D eigenvalue weighted by Gasteiger charge is 2.46. The number of halogens is 1. The van der Waals surface area contributed by atoms with Crippen molar-refractivity contribution in [3.05, 3.63) is 106 Å². The Morgan fingerprint density at radius 1 is 0.897 bits per heavy atom. The molecule has 1 N–H and O–H groups in total. The Balaban J connectivity index is 1.94. The van der Waals surface area contributed by atoms with E-state index < -0.39 is 17.7 Å². The third-order valence-corrected chi connectivity index (χ3v) is 5.52. The van der Waals surface area contributed by atoms with Crippen LogP contribution >= 0.6 is 15.9 Å². The molecule has 144 valence electrons. The molecule has 1 aliphatic heterocycles. The molecular formula is C24H18BrNO3. The van der Waals surface area contributed by atoms with Gasteiger partial charge in [-0.2, -0.15) is 0 Å². The summed E-state index contributed by atoms with van der Waals surface area (Å²) < 4.78 is 0.886. The Morgan fingerprint density at radius 2 is 1.52 bits per heavy atom. The number of carbonyl (C=O) groups excluding carboxylic acids is 2. The molecule has 1 saturated heterocycles. The summed E-state index contributed by atoms with van der Waals surface area (Å²) in [6, 6.07) is 22.9. The number of hydrogen-bond acceptors (Lipinski definition) is 3. The number of carbonyl (C=O) groups is 2. The van der Waals surface area contributed by atoms with Crippen LogP contribution in [0.3, 0.4) is 0 Å². The Bertz CT molecular complexity index is 1100. The molecular weight excluding hydrogens is 430 g/mol. The van der Waals surface area contributed by atoms with Crippen LogP contribution in [0.4, 0.5) is 5.69 Å². The molecule has 5 heteroatoms. The minimum absolute atomic E-state index is 0.0880. The average molecular weight is 448 g/mol. The molecule has 0 aromatic heterocycles. The van der Waals surface area contributed by atoms with Crippen molar-refractivity contribution in [2.24, 2.45) is 0 Å². The summed E-state index contributed by atoms with van der Waals surface area (Å²) in [5.74, 6) is -1.52. The maximum atomic E-state index is 13.0. The van der Waals surface area contributed by atoms with Crippen LogP contribution in [0.1, 0.15) is 22.7 Å². The van der Waals surface area contributed by atoms with Crippen LogP contribution in [0, 0.1) is 6.92 Å². The number of aliphatic hydroxyl groups is 1. The summed E-state index contributed by atoms with van der Waals surface area (Å²) in [5, 5.41) is 11.0. The number of anilines is 1. The van der Waals surface area contributed by atoms with Gasteiger partial charge in [0.25, 0.3) is 11.7 Å². The zero-order chi connectivity index (χ0) is 20.5. The van der Waals surface area contributed by atoms with E-state index in [1.165, 1.54) is 4.90 Å². The largest absolute Gasteiger partial charge is 0.507 e. The second kappa shape index (κ2) is 7.68. The third-order valence-electron chi connectivity index (χ3n) is 4.99. The monoisotopic (exact) mass is 447 g/mol. The molecule has 0 spiro atoms. The fraction of sp³-hybridized carbons (Fsp3) is 0.0833. The number of para-hydroxylation sites is 1. The lowest BCUT2D eigenvalue weighted by Crippen LogP contribution is -2.29. The standard InChI is InChI=1S/C24H18BrNO3/c1-15-7-9-17(10-8-15)22(27)20-21(16-11-13-18(25)14-12-16)26(24(29)23(20)28)19-5-3-2-4-6-19/h2-14,21,27H,1H3. The number of ketones is 1. The van der Waals surface area contributed by atoms with Crippen LogP contribution in [-0.4, -0.2) is 16.8 Å². The first-order chi connectivity index (χ1) is 14.0. The van der Waals surface area contributed by atoms with E-state index in [4.69, 9.17) is 0 Å². The zero-order valence-corrected chi connectivity index (χ0v) is 17.3. The van der Waals surface area contributed by atoms with Gasteiger partial charge in [0, 0.05) is 15.7 Å². The molecule has 1 heterocycles. The van der Waals surface area contributed by atoms with Crippen LogP contribution in [-0.2, 0) is 9.59 Å². The number of amides is 1. The molecule has 1 aliphatic rings. The number of rotatable bonds is 3. The average Bonchev–Trinajstić information content (AvgIpc) is 3.00. The van der Waals surface area contributed by atoms with Crippen LogP contribution < -0.4 is 4.90 Å². The van der Waals surface area contributed by atoms with Gasteiger partial charge in [0.2, 0.25) is 0 Å². The lowest BCUT2D eigenvalue weighted by Gasteiger charge is -2.25. The molecule has 1 fully saturated rings. The summed E-state index contributed by atoms with van der Waals surface area (Å²) in [4.78, 5) is 27.4. The van der Waals surface area contributed by atoms with Crippen molar-refractivity contribution < 1.29 is 14.7 Å². The molecule has 3 aromatic carbocycles. The Kier molecular flexibility index (Phi) is 5.07. The molecule has 0 radical (unpaired) electrons. The van der Waals surface area contributed by atoms with Gasteiger partial charge in [-0.15, -0.1) is 0 Å². The van der Waals surface area contributed by atoms with E-state index in [-0.39, 0.29) is 11.3 Å². The number of hydrogen-bond donors (Lipinski definition) is 1. The first-order valence-electron chi connectivity index (χ1n) is 9.16. The maximum Gasteiger partial charge on any atom is 0.300 e. The number of Topliss-reactive ketones (excluding diaryl/α,β-unsaturated/α-hetero) is 1. The second-order valence-electron chi connectivity index (χ2n) is 6.92. The Labute approximate surface area is 177 Å². The zero-order valence-electron chi connectivity index (χ0n) is 15.7. The molecule has 1 unspecified atom stereocenters. The van der Waals surface area contributed by atoms with Gasteiger partial charge in [0.1, 0.15) is 5.76 Å². The van der Waals surface area contributed by atoms with Crippen molar-refractivity contribution in [1.82, 2.24) is 0 Å². The van der Waals surface area contributed by atoms with Crippen molar-refractivity contribution in [3.8, 4) is 0 Å². The van der Waals surface area contributed by atoms with Gasteiger partial charge in [0.05, 0.1) is 11.6 Å². The molecule has 0 aliphatic carbocycles. The van der Waals surface area contributed by atoms with E-state index in [1.54, 1.807) is 24.3 Å². The lowest BCUT2D eigenvalue weighted by molar-refractivity contribution is -0.132. The minimum Gasteiger partial charge on any atom is -0.507 e. The van der Waals surface area contributed by atoms with Gasteiger partial charge >= 0.3 is 0 Å². The first kappa shape index (κ1) is 19.2. The first-order valence-corrected chi connectivity index (χ1v) is 9.95. The molecule has 29 heavy (non-hydrogen) atoms. The fourth-order valence-electron chi connectivity index (χ4n) is 3.51. The number of benzene rings is 3. The van der Waals surface area contributed by atoms with Gasteiger partial charge < -0.3 is 5.11 Å². The summed E-state index contributed by atoms with van der Waals surface area (Å²) in [7, 11) is 0. The third kappa shape index (κ3) is 3.49. The van der Waals surface area contributed by atoms with Crippen LogP contribution in [0.25, 0.3) is 5.76 Å². The Morgan fingerprint density at radius 3 is 2.14 bits per heavy atom. The van der Waals surface area contributed by atoms with Crippen molar-refractivity contribution in [2.75, 3.05) is 4.90 Å². The van der Waals surface area contributed by atoms with E-state index in [1.807, 2.05) is 61.5 Å². The van der Waals surface area contributed by atoms with Gasteiger partial charge in [-0.05, 0) is 36.8 Å². The van der Waals surface area contributed by atoms with Crippen LogP contribution in [0.5, 0.6) is 0 Å². The summed E-state index contributed by atoms with van der Waals surface area (Å²) in [6.07, 6.45) is 0. The molecule has 1 amide bonds. The fourth-order valence-corrected chi connectivity index (χ4v) is 3.78. The number of nitrogens with zero attached hydrogens (tertiary/aromatic N) is 1. The Hall–Kier alpha value is -3.18. The SMILES string of the molecule is Cc1ccc(C(O)=C2C(=O)C(=O)N(c3ccccc3)C2c2ccc(Br)cc2)cc1. The summed E-state index contributed by atoms with van der Waals surface area (Å²) >= 11 is 3.42. The van der Waals surface area contributed by atoms with Crippen molar-refractivity contribution in [2.45, 2.75) is 13.0 Å². The van der Waals surface area contributed by atoms with Crippen LogP contribution in [0.2, 0.25) is 0 Å². The van der Waals surface area contributed by atoms with E-state index in [9.17, 15) is 14.7 Å². The van der Waals surface area contributed by atoms with E-state index in [2.05, 4.69) is 15.9 Å². The van der Waals surface area contributed by atoms with Gasteiger partial charge in [-0.3, -0.25) is 14.5 Å². The second-order valence-corrected chi connectivity index (χ2v) is 7.84. The van der Waals surface area contributed by atoms with Gasteiger partial charge in [-0.1, -0.05) is 76.1 Å². The summed E-state index contributed by atoms with van der Waals surface area (Å²) in [5.41, 5.74) is 2.97. The predicted octanol–water partition coefficient (Wildman–Crippen LogP) is 5.38. The normalized spacial score (nSPS) is 18.3. The molecule has 3 aromatic rings. The highest BCUT2D eigenvalue weighted by atomic mass is 79.9. The lowest BCUT2D eigenvalue weighted by atomic mass is 9.95. The van der Waals surface area contributed by atoms with Gasteiger partial charge in [0.15, 0.2) is 0 Å². The number of aliphatic hydroxyl groups excluding tert-OH is 1. The maximum absolute atomic E-state index is 13.0. The molecule has 0 bridgehead atoms. The predicted molar refractivity (Wildman–Crippen MR) is 117 cm³/mol. The smallest absolute Gasteiger partial charge is 0.300 e. The quantitative estimate of drug-likeness (QED) is 0.332. The molecule has 4 nitrogen and oxygen atoms in total. The molecule has 0 saturated carbocycles. The highest BCUT2D eigenvalue weighted by molar-refractivity contribution is 9.10. The van der Waals surface area contributed by atoms with Crippen molar-refractivity contribution in [3.63, 3.8) is 0 Å². The van der Waals surface area contributed by atoms with Crippen molar-refractivity contribution in [1.29, 1.82) is 0 Å². The van der Waals surface area contributed by atoms with Crippen LogP contribution in [0.15, 0.2) is 88.9 Å². The highest BCUT2D eigenvalue weighted by Crippen LogP contribution is 2.42. The minimum atomic E-state index is -0.716. The van der Waals surface area contributed by atoms with E-state index in [0.29, 0.717) is 11.3 Å². The van der Waals surface area contributed by atoms with Gasteiger partial charge in [-0.25, -0.2) is 0 Å².